The number of anilines is 1. The Hall–Kier alpha value is -2.96. The Labute approximate surface area is 132 Å². The molecule has 7 nitrogen and oxygen atoms in total. The number of aryl methyl sites for hydroxylation is 1. The van der Waals surface area contributed by atoms with Crippen molar-refractivity contribution in [2.45, 2.75) is 25.8 Å². The van der Waals surface area contributed by atoms with Crippen LogP contribution in [0.5, 0.6) is 0 Å². The lowest BCUT2D eigenvalue weighted by atomic mass is 10.3. The van der Waals surface area contributed by atoms with Gasteiger partial charge in [-0.25, -0.2) is 14.8 Å². The summed E-state index contributed by atoms with van der Waals surface area (Å²) in [5.74, 6) is 1.89. The van der Waals surface area contributed by atoms with Gasteiger partial charge in [0.05, 0.1) is 6.20 Å². The quantitative estimate of drug-likeness (QED) is 0.776. The molecule has 4 rings (SSSR count). The number of carbonyl (C=O) groups is 1. The Morgan fingerprint density at radius 2 is 2.09 bits per heavy atom. The van der Waals surface area contributed by atoms with E-state index in [0.29, 0.717) is 34.5 Å². The molecule has 23 heavy (non-hydrogen) atoms. The minimum absolute atomic E-state index is 0.245. The highest BCUT2D eigenvalue weighted by atomic mass is 16.3. The number of urea groups is 1. The second-order valence-electron chi connectivity index (χ2n) is 5.58. The third-order valence-corrected chi connectivity index (χ3v) is 3.55. The Balaban J connectivity index is 1.62. The normalized spacial score (nSPS) is 14.0. The van der Waals surface area contributed by atoms with Gasteiger partial charge in [0.1, 0.15) is 22.8 Å². The summed E-state index contributed by atoms with van der Waals surface area (Å²) < 4.78 is 5.55. The van der Waals surface area contributed by atoms with Crippen molar-refractivity contribution in [2.24, 2.45) is 0 Å². The van der Waals surface area contributed by atoms with Crippen LogP contribution in [-0.4, -0.2) is 27.0 Å². The largest absolute Gasteiger partial charge is 0.460 e. The first kappa shape index (κ1) is 13.7. The Morgan fingerprint density at radius 3 is 2.83 bits per heavy atom. The summed E-state index contributed by atoms with van der Waals surface area (Å²) >= 11 is 0. The van der Waals surface area contributed by atoms with Gasteiger partial charge < -0.3 is 9.73 Å². The highest BCUT2D eigenvalue weighted by molar-refractivity contribution is 5.89. The van der Waals surface area contributed by atoms with Crippen LogP contribution in [0.3, 0.4) is 0 Å². The number of carbonyl (C=O) groups excluding carboxylic acids is 1. The van der Waals surface area contributed by atoms with Crippen LogP contribution >= 0.6 is 0 Å². The van der Waals surface area contributed by atoms with Crippen molar-refractivity contribution in [3.05, 3.63) is 36.2 Å². The SMILES string of the molecule is Cc1ccc(-c2cnc3ccc(NC(=O)NC4CC4)nc3n2)o1. The zero-order valence-corrected chi connectivity index (χ0v) is 12.5. The van der Waals surface area contributed by atoms with Gasteiger partial charge in [-0.05, 0) is 44.0 Å². The van der Waals surface area contributed by atoms with Crippen LogP contribution in [0.15, 0.2) is 34.9 Å². The van der Waals surface area contributed by atoms with Crippen molar-refractivity contribution in [2.75, 3.05) is 5.32 Å². The van der Waals surface area contributed by atoms with E-state index in [-0.39, 0.29) is 6.03 Å². The number of amides is 2. The molecule has 2 N–H and O–H groups in total. The number of rotatable bonds is 3. The lowest BCUT2D eigenvalue weighted by Gasteiger charge is -2.06. The molecule has 0 spiro atoms. The Morgan fingerprint density at radius 1 is 1.22 bits per heavy atom. The van der Waals surface area contributed by atoms with Crippen LogP contribution < -0.4 is 10.6 Å². The summed E-state index contributed by atoms with van der Waals surface area (Å²) in [4.78, 5) is 24.9. The molecule has 0 aliphatic heterocycles. The van der Waals surface area contributed by atoms with Gasteiger partial charge in [-0.15, -0.1) is 0 Å². The first-order valence-electron chi connectivity index (χ1n) is 7.45. The van der Waals surface area contributed by atoms with Gasteiger partial charge in [0.2, 0.25) is 0 Å². The molecular formula is C16H15N5O2. The number of nitrogens with zero attached hydrogens (tertiary/aromatic N) is 3. The summed E-state index contributed by atoms with van der Waals surface area (Å²) in [5.41, 5.74) is 1.73. The number of hydrogen-bond acceptors (Lipinski definition) is 5. The second kappa shape index (κ2) is 5.35. The lowest BCUT2D eigenvalue weighted by molar-refractivity contribution is 0.251. The molecule has 3 heterocycles. The summed E-state index contributed by atoms with van der Waals surface area (Å²) in [5, 5.41) is 5.57. The highest BCUT2D eigenvalue weighted by Gasteiger charge is 2.23. The number of hydrogen-bond donors (Lipinski definition) is 2. The first-order valence-corrected chi connectivity index (χ1v) is 7.45. The second-order valence-corrected chi connectivity index (χ2v) is 5.58. The Kier molecular flexibility index (Phi) is 3.18. The third-order valence-electron chi connectivity index (χ3n) is 3.55. The van der Waals surface area contributed by atoms with Gasteiger partial charge in [0.25, 0.3) is 0 Å². The van der Waals surface area contributed by atoms with Gasteiger partial charge in [0, 0.05) is 6.04 Å². The number of fused-ring (bicyclic) bond motifs is 1. The van der Waals surface area contributed by atoms with Crippen LogP contribution in [0.2, 0.25) is 0 Å². The van der Waals surface area contributed by atoms with E-state index >= 15 is 0 Å². The molecule has 3 aromatic rings. The number of furan rings is 1. The maximum atomic E-state index is 11.8. The average Bonchev–Trinajstić information content (AvgIpc) is 3.24. The summed E-state index contributed by atoms with van der Waals surface area (Å²) in [6.07, 6.45) is 3.72. The summed E-state index contributed by atoms with van der Waals surface area (Å²) in [6.45, 7) is 1.87. The lowest BCUT2D eigenvalue weighted by Crippen LogP contribution is -2.30. The number of nitrogens with one attached hydrogen (secondary N) is 2. The molecule has 7 heteroatoms. The zero-order chi connectivity index (χ0) is 15.8. The monoisotopic (exact) mass is 309 g/mol. The Bertz CT molecular complexity index is 885. The van der Waals surface area contributed by atoms with Gasteiger partial charge in [0.15, 0.2) is 11.4 Å². The molecule has 3 aromatic heterocycles. The number of aromatic nitrogens is 3. The molecule has 1 aliphatic rings. The molecule has 1 aliphatic carbocycles. The summed E-state index contributed by atoms with van der Waals surface area (Å²) in [7, 11) is 0. The van der Waals surface area contributed by atoms with E-state index in [1.165, 1.54) is 0 Å². The van der Waals surface area contributed by atoms with E-state index in [9.17, 15) is 4.79 Å². The number of pyridine rings is 1. The van der Waals surface area contributed by atoms with Gasteiger partial charge in [-0.1, -0.05) is 0 Å². The average molecular weight is 309 g/mol. The molecular weight excluding hydrogens is 294 g/mol. The van der Waals surface area contributed by atoms with Crippen LogP contribution in [0, 0.1) is 6.92 Å². The maximum Gasteiger partial charge on any atom is 0.320 e. The van der Waals surface area contributed by atoms with Crippen LogP contribution in [0.4, 0.5) is 10.6 Å². The van der Waals surface area contributed by atoms with Gasteiger partial charge >= 0.3 is 6.03 Å². The molecule has 1 saturated carbocycles. The summed E-state index contributed by atoms with van der Waals surface area (Å²) in [6, 6.07) is 7.25. The topological polar surface area (TPSA) is 92.9 Å². The van der Waals surface area contributed by atoms with E-state index in [2.05, 4.69) is 25.6 Å². The molecule has 0 radical (unpaired) electrons. The molecule has 0 saturated heterocycles. The van der Waals surface area contributed by atoms with E-state index in [0.717, 1.165) is 18.6 Å². The molecule has 0 atom stereocenters. The van der Waals surface area contributed by atoms with Crippen molar-refractivity contribution >= 4 is 23.0 Å². The molecule has 2 amide bonds. The van der Waals surface area contributed by atoms with Crippen molar-refractivity contribution in [3.63, 3.8) is 0 Å². The predicted molar refractivity (Wildman–Crippen MR) is 84.9 cm³/mol. The van der Waals surface area contributed by atoms with Crippen molar-refractivity contribution in [1.82, 2.24) is 20.3 Å². The van der Waals surface area contributed by atoms with Crippen LogP contribution in [0.1, 0.15) is 18.6 Å². The van der Waals surface area contributed by atoms with Crippen molar-refractivity contribution in [3.8, 4) is 11.5 Å². The van der Waals surface area contributed by atoms with E-state index in [1.54, 1.807) is 18.3 Å². The standard InChI is InChI=1S/C16H15N5O2/c1-9-2-6-13(23-9)12-8-17-11-5-7-14(20-15(11)19-12)21-16(22)18-10-3-4-10/h2,5-8,10H,3-4H2,1H3,(H2,18,19,20,21,22). The highest BCUT2D eigenvalue weighted by Crippen LogP contribution is 2.22. The third kappa shape index (κ3) is 2.98. The minimum atomic E-state index is -0.245. The van der Waals surface area contributed by atoms with E-state index in [1.807, 2.05) is 19.1 Å². The fourth-order valence-electron chi connectivity index (χ4n) is 2.22. The predicted octanol–water partition coefficient (Wildman–Crippen LogP) is 2.88. The fraction of sp³-hybridized carbons (Fsp3) is 0.250. The van der Waals surface area contributed by atoms with Gasteiger partial charge in [-0.3, -0.25) is 10.3 Å². The fourth-order valence-corrected chi connectivity index (χ4v) is 2.22. The minimum Gasteiger partial charge on any atom is -0.460 e. The smallest absolute Gasteiger partial charge is 0.320 e. The maximum absolute atomic E-state index is 11.8. The van der Waals surface area contributed by atoms with E-state index in [4.69, 9.17) is 4.42 Å². The van der Waals surface area contributed by atoms with Crippen molar-refractivity contribution < 1.29 is 9.21 Å². The van der Waals surface area contributed by atoms with Gasteiger partial charge in [-0.2, -0.15) is 0 Å². The van der Waals surface area contributed by atoms with Crippen LogP contribution in [-0.2, 0) is 0 Å². The molecule has 1 fully saturated rings. The molecule has 116 valence electrons. The zero-order valence-electron chi connectivity index (χ0n) is 12.5. The molecule has 0 bridgehead atoms. The van der Waals surface area contributed by atoms with Crippen LogP contribution in [0.25, 0.3) is 22.6 Å². The van der Waals surface area contributed by atoms with Crippen molar-refractivity contribution in [1.29, 1.82) is 0 Å². The molecule has 0 unspecified atom stereocenters. The first-order chi connectivity index (χ1) is 11.2. The van der Waals surface area contributed by atoms with E-state index < -0.39 is 0 Å². The molecule has 0 aromatic carbocycles.